The van der Waals surface area contributed by atoms with Gasteiger partial charge in [-0.25, -0.2) is 9.99 Å². The molecule has 4 rings (SSSR count). The number of nitrogens with zero attached hydrogens (tertiary/aromatic N) is 3. The average Bonchev–Trinajstić information content (AvgIpc) is 3.34. The summed E-state index contributed by atoms with van der Waals surface area (Å²) in [6.45, 7) is 0. The summed E-state index contributed by atoms with van der Waals surface area (Å²) in [5.74, 6) is 0.860. The first-order valence-corrected chi connectivity index (χ1v) is 9.05. The van der Waals surface area contributed by atoms with Crippen LogP contribution in [0.5, 0.6) is 5.75 Å². The van der Waals surface area contributed by atoms with Gasteiger partial charge in [0.1, 0.15) is 5.75 Å². The Morgan fingerprint density at radius 1 is 1.13 bits per heavy atom. The van der Waals surface area contributed by atoms with Crippen LogP contribution in [0.2, 0.25) is 0 Å². The van der Waals surface area contributed by atoms with Crippen LogP contribution in [0.4, 0.5) is 5.13 Å². The standard InChI is InChI=1S/C17H15N3OS2/c1-21-13-6-4-12(5-7-13)14-11-15(16-3-2-9-22-16)20(19-14)17-18-8-10-23-17/h2-10,15H,11H2,1H3. The van der Waals surface area contributed by atoms with Crippen molar-refractivity contribution in [3.05, 3.63) is 63.8 Å². The molecule has 1 aliphatic rings. The fourth-order valence-corrected chi connectivity index (χ4v) is 4.13. The molecule has 0 spiro atoms. The monoisotopic (exact) mass is 341 g/mol. The van der Waals surface area contributed by atoms with Crippen molar-refractivity contribution in [1.29, 1.82) is 0 Å². The average molecular weight is 341 g/mol. The van der Waals surface area contributed by atoms with Crippen LogP contribution < -0.4 is 9.75 Å². The van der Waals surface area contributed by atoms with E-state index >= 15 is 0 Å². The van der Waals surface area contributed by atoms with Crippen molar-refractivity contribution < 1.29 is 4.74 Å². The molecule has 0 N–H and O–H groups in total. The zero-order valence-corrected chi connectivity index (χ0v) is 14.2. The largest absolute Gasteiger partial charge is 0.497 e. The lowest BCUT2D eigenvalue weighted by Gasteiger charge is -2.19. The molecule has 1 aliphatic heterocycles. The molecule has 2 aromatic heterocycles. The Kier molecular flexibility index (Phi) is 3.85. The van der Waals surface area contributed by atoms with Crippen LogP contribution in [0.3, 0.4) is 0 Å². The molecule has 0 bridgehead atoms. The van der Waals surface area contributed by atoms with E-state index < -0.39 is 0 Å². The van der Waals surface area contributed by atoms with E-state index in [1.165, 1.54) is 4.88 Å². The van der Waals surface area contributed by atoms with Gasteiger partial charge in [0.2, 0.25) is 5.13 Å². The smallest absolute Gasteiger partial charge is 0.206 e. The fraction of sp³-hybridized carbons (Fsp3) is 0.176. The molecule has 0 fully saturated rings. The topological polar surface area (TPSA) is 37.7 Å². The van der Waals surface area contributed by atoms with Gasteiger partial charge in [0, 0.05) is 22.9 Å². The van der Waals surface area contributed by atoms with E-state index in [1.54, 1.807) is 29.8 Å². The maximum absolute atomic E-state index is 5.23. The predicted molar refractivity (Wildman–Crippen MR) is 95.8 cm³/mol. The molecule has 1 atom stereocenters. The van der Waals surface area contributed by atoms with Crippen LogP contribution in [0.25, 0.3) is 0 Å². The molecule has 3 aromatic rings. The third-order valence-corrected chi connectivity index (χ3v) is 5.56. The summed E-state index contributed by atoms with van der Waals surface area (Å²) in [7, 11) is 1.68. The predicted octanol–water partition coefficient (Wildman–Crippen LogP) is 4.57. The van der Waals surface area contributed by atoms with Gasteiger partial charge in [0.25, 0.3) is 0 Å². The number of hydrogen-bond donors (Lipinski definition) is 0. The maximum Gasteiger partial charge on any atom is 0.206 e. The van der Waals surface area contributed by atoms with Crippen LogP contribution in [-0.2, 0) is 0 Å². The summed E-state index contributed by atoms with van der Waals surface area (Å²) in [4.78, 5) is 5.75. The summed E-state index contributed by atoms with van der Waals surface area (Å²) >= 11 is 3.38. The minimum atomic E-state index is 0.221. The Labute approximate surface area is 142 Å². The Hall–Kier alpha value is -2.18. The van der Waals surface area contributed by atoms with E-state index in [4.69, 9.17) is 9.84 Å². The highest BCUT2D eigenvalue weighted by atomic mass is 32.1. The van der Waals surface area contributed by atoms with Crippen molar-refractivity contribution >= 4 is 33.5 Å². The number of anilines is 1. The van der Waals surface area contributed by atoms with E-state index in [1.807, 2.05) is 23.7 Å². The highest BCUT2D eigenvalue weighted by Crippen LogP contribution is 2.39. The summed E-state index contributed by atoms with van der Waals surface area (Å²) in [6.07, 6.45) is 2.71. The van der Waals surface area contributed by atoms with Crippen LogP contribution in [0, 0.1) is 0 Å². The first-order chi connectivity index (χ1) is 11.3. The Balaban J connectivity index is 1.69. The number of hydrogen-bond acceptors (Lipinski definition) is 6. The molecule has 1 aromatic carbocycles. The SMILES string of the molecule is COc1ccc(C2=NN(c3nccs3)C(c3cccs3)C2)cc1. The maximum atomic E-state index is 5.23. The molecular formula is C17H15N3OS2. The van der Waals surface area contributed by atoms with Gasteiger partial charge < -0.3 is 4.74 Å². The van der Waals surface area contributed by atoms with Crippen molar-refractivity contribution in [2.24, 2.45) is 5.10 Å². The van der Waals surface area contributed by atoms with Crippen LogP contribution in [-0.4, -0.2) is 17.8 Å². The van der Waals surface area contributed by atoms with Crippen LogP contribution in [0.15, 0.2) is 58.5 Å². The number of benzene rings is 1. The van der Waals surface area contributed by atoms with Crippen molar-refractivity contribution in [1.82, 2.24) is 4.98 Å². The Morgan fingerprint density at radius 2 is 2.00 bits per heavy atom. The fourth-order valence-electron chi connectivity index (χ4n) is 2.68. The van der Waals surface area contributed by atoms with E-state index in [0.717, 1.165) is 28.6 Å². The van der Waals surface area contributed by atoms with Gasteiger partial charge in [-0.3, -0.25) is 0 Å². The zero-order valence-electron chi connectivity index (χ0n) is 12.5. The van der Waals surface area contributed by atoms with Crippen LogP contribution in [0.1, 0.15) is 22.9 Å². The van der Waals surface area contributed by atoms with Crippen molar-refractivity contribution in [2.75, 3.05) is 12.1 Å². The number of ether oxygens (including phenoxy) is 1. The number of methoxy groups -OCH3 is 1. The minimum absolute atomic E-state index is 0.221. The van der Waals surface area contributed by atoms with Gasteiger partial charge in [-0.15, -0.1) is 22.7 Å². The highest BCUT2D eigenvalue weighted by molar-refractivity contribution is 7.13. The molecule has 1 unspecified atom stereocenters. The first-order valence-electron chi connectivity index (χ1n) is 7.29. The molecule has 0 saturated heterocycles. The Bertz CT molecular complexity index is 795. The summed E-state index contributed by atoms with van der Waals surface area (Å²) in [5.41, 5.74) is 2.22. The van der Waals surface area contributed by atoms with Crippen molar-refractivity contribution in [3.63, 3.8) is 0 Å². The van der Waals surface area contributed by atoms with Gasteiger partial charge in [0.05, 0.1) is 18.9 Å². The molecule has 4 nitrogen and oxygen atoms in total. The Morgan fingerprint density at radius 3 is 2.65 bits per heavy atom. The molecule has 6 heteroatoms. The lowest BCUT2D eigenvalue weighted by Crippen LogP contribution is -2.17. The summed E-state index contributed by atoms with van der Waals surface area (Å²) < 4.78 is 5.23. The number of thiophene rings is 1. The van der Waals surface area contributed by atoms with E-state index in [-0.39, 0.29) is 6.04 Å². The second-order valence-electron chi connectivity index (χ2n) is 5.17. The van der Waals surface area contributed by atoms with E-state index in [9.17, 15) is 0 Å². The third kappa shape index (κ3) is 2.75. The quantitative estimate of drug-likeness (QED) is 0.698. The molecule has 0 radical (unpaired) electrons. The normalized spacial score (nSPS) is 17.3. The second kappa shape index (κ2) is 6.14. The van der Waals surface area contributed by atoms with Gasteiger partial charge in [-0.1, -0.05) is 6.07 Å². The molecule has 23 heavy (non-hydrogen) atoms. The lowest BCUT2D eigenvalue weighted by molar-refractivity contribution is 0.415. The number of aromatic nitrogens is 1. The minimum Gasteiger partial charge on any atom is -0.497 e. The van der Waals surface area contributed by atoms with E-state index in [2.05, 4.69) is 39.6 Å². The molecule has 116 valence electrons. The van der Waals surface area contributed by atoms with Crippen molar-refractivity contribution in [2.45, 2.75) is 12.5 Å². The van der Waals surface area contributed by atoms with Gasteiger partial charge in [0.15, 0.2) is 0 Å². The first kappa shape index (κ1) is 14.4. The number of hydrazone groups is 1. The van der Waals surface area contributed by atoms with Crippen LogP contribution >= 0.6 is 22.7 Å². The molecule has 3 heterocycles. The summed E-state index contributed by atoms with van der Waals surface area (Å²) in [5, 5.41) is 11.9. The van der Waals surface area contributed by atoms with Gasteiger partial charge >= 0.3 is 0 Å². The molecule has 0 saturated carbocycles. The third-order valence-electron chi connectivity index (χ3n) is 3.82. The molecule has 0 aliphatic carbocycles. The summed E-state index contributed by atoms with van der Waals surface area (Å²) in [6, 6.07) is 12.6. The molecular weight excluding hydrogens is 326 g/mol. The van der Waals surface area contributed by atoms with E-state index in [0.29, 0.717) is 0 Å². The van der Waals surface area contributed by atoms with Gasteiger partial charge in [-0.2, -0.15) is 5.10 Å². The lowest BCUT2D eigenvalue weighted by atomic mass is 10.0. The van der Waals surface area contributed by atoms with Gasteiger partial charge in [-0.05, 0) is 41.3 Å². The zero-order chi connectivity index (χ0) is 15.6. The molecule has 0 amide bonds. The van der Waals surface area contributed by atoms with Crippen molar-refractivity contribution in [3.8, 4) is 5.75 Å². The number of rotatable bonds is 4. The number of thiazole rings is 1. The second-order valence-corrected chi connectivity index (χ2v) is 7.02. The highest BCUT2D eigenvalue weighted by Gasteiger charge is 2.31.